The molecule has 0 spiro atoms. The van der Waals surface area contributed by atoms with Crippen molar-refractivity contribution in [3.8, 4) is 0 Å². The average Bonchev–Trinajstić information content (AvgIpc) is 2.25. The van der Waals surface area contributed by atoms with Crippen molar-refractivity contribution in [3.05, 3.63) is 28.0 Å². The van der Waals surface area contributed by atoms with Gasteiger partial charge in [-0.05, 0) is 6.07 Å². The van der Waals surface area contributed by atoms with Crippen LogP contribution in [0.4, 0.5) is 0 Å². The second-order valence-corrected chi connectivity index (χ2v) is 6.05. The quantitative estimate of drug-likeness (QED) is 0.906. The maximum Gasteiger partial charge on any atom is 0.0689 e. The van der Waals surface area contributed by atoms with Gasteiger partial charge in [0.2, 0.25) is 0 Å². The summed E-state index contributed by atoms with van der Waals surface area (Å²) < 4.78 is 5.14. The Morgan fingerprint density at radius 3 is 2.76 bits per heavy atom. The van der Waals surface area contributed by atoms with Crippen LogP contribution in [0, 0.1) is 5.41 Å². The Morgan fingerprint density at radius 1 is 1.47 bits per heavy atom. The van der Waals surface area contributed by atoms with Gasteiger partial charge in [-0.15, -0.1) is 0 Å². The van der Waals surface area contributed by atoms with E-state index in [9.17, 15) is 5.11 Å². The molecule has 6 heteroatoms. The van der Waals surface area contributed by atoms with Crippen LogP contribution in [0.3, 0.4) is 0 Å². The third kappa shape index (κ3) is 3.26. The minimum Gasteiger partial charge on any atom is -0.396 e. The van der Waals surface area contributed by atoms with E-state index in [-0.39, 0.29) is 12.0 Å². The largest absolute Gasteiger partial charge is 0.396 e. The highest BCUT2D eigenvalue weighted by molar-refractivity contribution is 7.98. The predicted octanol–water partition coefficient (Wildman–Crippen LogP) is 2.63. The lowest BCUT2D eigenvalue weighted by molar-refractivity contribution is -0.121. The summed E-state index contributed by atoms with van der Waals surface area (Å²) in [6, 6.07) is 1.69. The van der Waals surface area contributed by atoms with E-state index in [1.165, 1.54) is 0 Å². The van der Waals surface area contributed by atoms with Crippen LogP contribution in [-0.2, 0) is 10.5 Å². The average molecular weight is 294 g/mol. The minimum absolute atomic E-state index is 0.0659. The molecule has 0 amide bonds. The van der Waals surface area contributed by atoms with Crippen LogP contribution < -0.4 is 0 Å². The highest BCUT2D eigenvalue weighted by atomic mass is 35.5. The summed E-state index contributed by atoms with van der Waals surface area (Å²) in [5.41, 5.74) is 0.762. The van der Waals surface area contributed by atoms with Crippen LogP contribution in [0.1, 0.15) is 5.69 Å². The molecule has 17 heavy (non-hydrogen) atoms. The van der Waals surface area contributed by atoms with Gasteiger partial charge in [0, 0.05) is 23.1 Å². The fourth-order valence-corrected chi connectivity index (χ4v) is 3.27. The van der Waals surface area contributed by atoms with Crippen molar-refractivity contribution in [1.29, 1.82) is 0 Å². The van der Waals surface area contributed by atoms with E-state index in [4.69, 9.17) is 27.9 Å². The van der Waals surface area contributed by atoms with Crippen molar-refractivity contribution in [2.45, 2.75) is 5.75 Å². The molecule has 94 valence electrons. The molecule has 1 aliphatic heterocycles. The summed E-state index contributed by atoms with van der Waals surface area (Å²) in [6.45, 7) is 1.44. The normalized spacial score (nSPS) is 17.8. The molecule has 0 bridgehead atoms. The Morgan fingerprint density at radius 2 is 2.24 bits per heavy atom. The predicted molar refractivity (Wildman–Crippen MR) is 70.8 cm³/mol. The van der Waals surface area contributed by atoms with Gasteiger partial charge in [-0.1, -0.05) is 23.2 Å². The van der Waals surface area contributed by atoms with Crippen molar-refractivity contribution in [2.75, 3.05) is 25.6 Å². The summed E-state index contributed by atoms with van der Waals surface area (Å²) in [6.07, 6.45) is 1.59. The summed E-state index contributed by atoms with van der Waals surface area (Å²) in [5, 5.41) is 10.4. The van der Waals surface area contributed by atoms with Gasteiger partial charge in [0.15, 0.2) is 0 Å². The zero-order valence-electron chi connectivity index (χ0n) is 9.16. The van der Waals surface area contributed by atoms with Crippen LogP contribution in [0.15, 0.2) is 12.3 Å². The molecule has 1 aromatic rings. The Hall–Kier alpha value is -0.0000000000000000763. The number of thioether (sulfide) groups is 1. The maximum atomic E-state index is 9.27. The van der Waals surface area contributed by atoms with E-state index < -0.39 is 0 Å². The topological polar surface area (TPSA) is 42.4 Å². The van der Waals surface area contributed by atoms with Gasteiger partial charge in [0.1, 0.15) is 0 Å². The van der Waals surface area contributed by atoms with Crippen LogP contribution in [0.2, 0.25) is 10.0 Å². The van der Waals surface area contributed by atoms with Gasteiger partial charge in [0.25, 0.3) is 0 Å². The van der Waals surface area contributed by atoms with Gasteiger partial charge in [-0.3, -0.25) is 4.98 Å². The Bertz CT molecular complexity index is 394. The van der Waals surface area contributed by atoms with E-state index in [2.05, 4.69) is 4.98 Å². The van der Waals surface area contributed by atoms with Crippen LogP contribution >= 0.6 is 35.0 Å². The van der Waals surface area contributed by atoms with Crippen molar-refractivity contribution in [3.63, 3.8) is 0 Å². The minimum atomic E-state index is -0.0659. The van der Waals surface area contributed by atoms with Gasteiger partial charge in [0.05, 0.1) is 35.6 Å². The molecule has 1 N–H and O–H groups in total. The van der Waals surface area contributed by atoms with Crippen molar-refractivity contribution in [1.82, 2.24) is 4.98 Å². The molecular weight excluding hydrogens is 281 g/mol. The molecule has 1 saturated heterocycles. The van der Waals surface area contributed by atoms with Crippen LogP contribution in [0.25, 0.3) is 0 Å². The second-order valence-electron chi connectivity index (χ2n) is 4.23. The zero-order chi connectivity index (χ0) is 12.3. The molecule has 0 unspecified atom stereocenters. The van der Waals surface area contributed by atoms with Gasteiger partial charge < -0.3 is 9.84 Å². The lowest BCUT2D eigenvalue weighted by Gasteiger charge is -2.39. The Labute approximate surface area is 114 Å². The van der Waals surface area contributed by atoms with E-state index >= 15 is 0 Å². The maximum absolute atomic E-state index is 9.27. The van der Waals surface area contributed by atoms with Gasteiger partial charge in [-0.25, -0.2) is 0 Å². The first-order valence-corrected chi connectivity index (χ1v) is 7.13. The number of hydrogen-bond acceptors (Lipinski definition) is 4. The number of pyridine rings is 1. The Kier molecular flexibility index (Phi) is 4.55. The second kappa shape index (κ2) is 5.76. The van der Waals surface area contributed by atoms with Crippen molar-refractivity contribution in [2.24, 2.45) is 5.41 Å². The van der Waals surface area contributed by atoms with E-state index in [1.807, 2.05) is 0 Å². The third-order valence-corrected chi connectivity index (χ3v) is 4.51. The lowest BCUT2D eigenvalue weighted by Crippen LogP contribution is -2.47. The summed E-state index contributed by atoms with van der Waals surface area (Å²) in [4.78, 5) is 4.19. The highest BCUT2D eigenvalue weighted by Crippen LogP contribution is 2.32. The van der Waals surface area contributed by atoms with Gasteiger partial charge in [-0.2, -0.15) is 11.8 Å². The molecule has 3 nitrogen and oxygen atoms in total. The molecule has 2 rings (SSSR count). The molecule has 1 aliphatic rings. The summed E-state index contributed by atoms with van der Waals surface area (Å²) in [5.74, 6) is 1.57. The number of nitrogens with zero attached hydrogens (tertiary/aromatic N) is 1. The molecule has 0 saturated carbocycles. The number of ether oxygens (including phenoxy) is 1. The lowest BCUT2D eigenvalue weighted by atomic mass is 9.90. The summed E-state index contributed by atoms with van der Waals surface area (Å²) in [7, 11) is 0. The zero-order valence-corrected chi connectivity index (χ0v) is 11.5. The van der Waals surface area contributed by atoms with Crippen molar-refractivity contribution < 1.29 is 9.84 Å². The molecular formula is C11H13Cl2NO2S. The highest BCUT2D eigenvalue weighted by Gasteiger charge is 2.37. The number of halogens is 2. The number of rotatable bonds is 5. The van der Waals surface area contributed by atoms with Gasteiger partial charge >= 0.3 is 0 Å². The summed E-state index contributed by atoms with van der Waals surface area (Å²) >= 11 is 13.5. The number of aliphatic hydroxyl groups is 1. The van der Waals surface area contributed by atoms with E-state index in [0.29, 0.717) is 23.3 Å². The number of aliphatic hydroxyl groups excluding tert-OH is 1. The first kappa shape index (κ1) is 13.4. The number of hydrogen-bond donors (Lipinski definition) is 1. The van der Waals surface area contributed by atoms with Crippen LogP contribution in [-0.4, -0.2) is 35.7 Å². The molecule has 0 radical (unpaired) electrons. The third-order valence-electron chi connectivity index (χ3n) is 2.68. The fraction of sp³-hybridized carbons (Fsp3) is 0.545. The standard InChI is InChI=1S/C11H13Cl2NO2S/c12-8-1-9(13)10(14-2-8)3-17-7-11(4-15)5-16-6-11/h1-2,15H,3-7H2. The van der Waals surface area contributed by atoms with Crippen molar-refractivity contribution >= 4 is 35.0 Å². The first-order valence-electron chi connectivity index (χ1n) is 5.21. The Balaban J connectivity index is 1.85. The molecule has 1 fully saturated rings. The monoisotopic (exact) mass is 293 g/mol. The molecule has 0 aliphatic carbocycles. The molecule has 2 heterocycles. The smallest absolute Gasteiger partial charge is 0.0689 e. The first-order chi connectivity index (χ1) is 8.15. The van der Waals surface area contributed by atoms with E-state index in [0.717, 1.165) is 17.2 Å². The molecule has 0 atom stereocenters. The van der Waals surface area contributed by atoms with E-state index in [1.54, 1.807) is 24.0 Å². The van der Waals surface area contributed by atoms with Crippen LogP contribution in [0.5, 0.6) is 0 Å². The fourth-order valence-electron chi connectivity index (χ4n) is 1.52. The SMILES string of the molecule is OCC1(CSCc2ncc(Cl)cc2Cl)COC1. The molecule has 0 aromatic carbocycles. The molecule has 1 aromatic heterocycles. The number of aromatic nitrogens is 1.